The van der Waals surface area contributed by atoms with Crippen LogP contribution in [-0.2, 0) is 0 Å². The van der Waals surface area contributed by atoms with Gasteiger partial charge in [-0.25, -0.2) is 4.79 Å². The van der Waals surface area contributed by atoms with E-state index in [1.807, 2.05) is 0 Å². The third-order valence-corrected chi connectivity index (χ3v) is 4.69. The van der Waals surface area contributed by atoms with Crippen LogP contribution in [-0.4, -0.2) is 30.7 Å². The maximum absolute atomic E-state index is 12.3. The third kappa shape index (κ3) is 2.03. The van der Waals surface area contributed by atoms with Crippen LogP contribution in [0.5, 0.6) is 0 Å². The number of aryl methyl sites for hydroxylation is 1. The van der Waals surface area contributed by atoms with Gasteiger partial charge in [-0.1, -0.05) is 6.92 Å². The van der Waals surface area contributed by atoms with E-state index in [9.17, 15) is 14.7 Å². The number of carboxylic acid groups (broad SMARTS) is 1. The van der Waals surface area contributed by atoms with Crippen LogP contribution in [0.15, 0.2) is 16.9 Å². The van der Waals surface area contributed by atoms with Crippen LogP contribution in [0, 0.1) is 12.8 Å². The highest BCUT2D eigenvalue weighted by Gasteiger charge is 2.32. The Morgan fingerprint density at radius 1 is 1.39 bits per heavy atom. The number of hydrogen-bond donors (Lipinski definition) is 2. The first kappa shape index (κ1) is 13.9. The van der Waals surface area contributed by atoms with Gasteiger partial charge in [0.25, 0.3) is 5.56 Å². The van der Waals surface area contributed by atoms with Gasteiger partial charge in [0.1, 0.15) is 5.82 Å². The highest BCUT2D eigenvalue weighted by atomic mass is 16.4. The predicted octanol–water partition coefficient (Wildman–Crippen LogP) is 2.09. The first-order chi connectivity index (χ1) is 11.0. The molecule has 0 spiro atoms. The minimum absolute atomic E-state index is 0.178. The van der Waals surface area contributed by atoms with Gasteiger partial charge in [-0.15, -0.1) is 10.2 Å². The van der Waals surface area contributed by atoms with E-state index in [4.69, 9.17) is 0 Å². The van der Waals surface area contributed by atoms with E-state index in [1.165, 1.54) is 18.9 Å². The van der Waals surface area contributed by atoms with Crippen molar-refractivity contribution in [3.8, 4) is 0 Å². The number of H-pyrrole nitrogens is 1. The zero-order chi connectivity index (χ0) is 16.3. The number of nitrogens with zero attached hydrogens (tertiary/aromatic N) is 3. The summed E-state index contributed by atoms with van der Waals surface area (Å²) in [4.78, 5) is 26.3. The van der Waals surface area contributed by atoms with Crippen molar-refractivity contribution >= 4 is 22.6 Å². The molecule has 0 bridgehead atoms. The number of carbonyl (C=O) groups is 1. The van der Waals surface area contributed by atoms with Gasteiger partial charge in [-0.05, 0) is 43.4 Å². The summed E-state index contributed by atoms with van der Waals surface area (Å²) >= 11 is 0. The summed E-state index contributed by atoms with van der Waals surface area (Å²) in [6, 6.07) is 3.27. The Morgan fingerprint density at radius 2 is 2.13 bits per heavy atom. The number of aromatic nitrogens is 4. The Kier molecular flexibility index (Phi) is 2.81. The van der Waals surface area contributed by atoms with Crippen molar-refractivity contribution in [1.82, 2.24) is 19.6 Å². The van der Waals surface area contributed by atoms with Crippen molar-refractivity contribution < 1.29 is 9.90 Å². The van der Waals surface area contributed by atoms with Crippen LogP contribution in [0.4, 0.5) is 0 Å². The molecule has 1 saturated carbocycles. The fraction of sp³-hybridized carbons (Fsp3) is 0.375. The molecule has 118 valence electrons. The predicted molar refractivity (Wildman–Crippen MR) is 83.9 cm³/mol. The molecule has 23 heavy (non-hydrogen) atoms. The summed E-state index contributed by atoms with van der Waals surface area (Å²) in [6.07, 6.45) is 2.33. The van der Waals surface area contributed by atoms with Gasteiger partial charge in [0.05, 0.1) is 16.6 Å². The van der Waals surface area contributed by atoms with Crippen molar-refractivity contribution in [2.75, 3.05) is 0 Å². The Labute approximate surface area is 131 Å². The lowest BCUT2D eigenvalue weighted by atomic mass is 10.0. The number of aromatic amines is 1. The van der Waals surface area contributed by atoms with Crippen LogP contribution >= 0.6 is 0 Å². The van der Waals surface area contributed by atoms with Gasteiger partial charge in [0.2, 0.25) is 5.65 Å². The highest BCUT2D eigenvalue weighted by Crippen LogP contribution is 2.41. The molecule has 1 aromatic carbocycles. The molecule has 1 aliphatic carbocycles. The Bertz CT molecular complexity index is 1010. The molecule has 4 rings (SSSR count). The Balaban J connectivity index is 2.09. The lowest BCUT2D eigenvalue weighted by Gasteiger charge is -2.11. The molecule has 1 fully saturated rings. The smallest absolute Gasteiger partial charge is 0.336 e. The molecular formula is C16H16N4O3. The molecule has 1 unspecified atom stereocenters. The molecule has 2 N–H and O–H groups in total. The Hall–Kier alpha value is -2.70. The van der Waals surface area contributed by atoms with Crippen molar-refractivity contribution in [3.05, 3.63) is 39.4 Å². The van der Waals surface area contributed by atoms with E-state index in [2.05, 4.69) is 22.1 Å². The molecule has 7 nitrogen and oxygen atoms in total. The monoisotopic (exact) mass is 312 g/mol. The molecule has 2 heterocycles. The van der Waals surface area contributed by atoms with E-state index in [-0.39, 0.29) is 22.7 Å². The minimum Gasteiger partial charge on any atom is -0.478 e. The maximum atomic E-state index is 12.3. The largest absolute Gasteiger partial charge is 0.478 e. The quantitative estimate of drug-likeness (QED) is 0.771. The van der Waals surface area contributed by atoms with Gasteiger partial charge in [-0.3, -0.25) is 9.20 Å². The second-order valence-electron chi connectivity index (χ2n) is 6.29. The van der Waals surface area contributed by atoms with Crippen molar-refractivity contribution in [2.24, 2.45) is 5.92 Å². The number of rotatable bonds is 3. The number of hydrogen-bond acceptors (Lipinski definition) is 4. The zero-order valence-electron chi connectivity index (χ0n) is 12.8. The third-order valence-electron chi connectivity index (χ3n) is 4.69. The second kappa shape index (κ2) is 4.65. The van der Waals surface area contributed by atoms with E-state index < -0.39 is 5.97 Å². The van der Waals surface area contributed by atoms with E-state index in [1.54, 1.807) is 17.4 Å². The fourth-order valence-corrected chi connectivity index (χ4v) is 3.17. The molecular weight excluding hydrogens is 296 g/mol. The molecule has 0 amide bonds. The molecule has 3 aromatic rings. The maximum Gasteiger partial charge on any atom is 0.336 e. The highest BCUT2D eigenvalue weighted by molar-refractivity contribution is 5.94. The van der Waals surface area contributed by atoms with Crippen molar-refractivity contribution in [2.45, 2.75) is 32.6 Å². The molecule has 2 aromatic heterocycles. The molecule has 7 heteroatoms. The zero-order valence-corrected chi connectivity index (χ0v) is 12.8. The lowest BCUT2D eigenvalue weighted by Crippen LogP contribution is -2.14. The molecule has 0 aliphatic heterocycles. The normalized spacial score (nSPS) is 16.1. The van der Waals surface area contributed by atoms with Crippen LogP contribution in [0.2, 0.25) is 0 Å². The van der Waals surface area contributed by atoms with Gasteiger partial charge in [-0.2, -0.15) is 0 Å². The topological polar surface area (TPSA) is 100 Å². The number of benzene rings is 1. The summed E-state index contributed by atoms with van der Waals surface area (Å²) in [5, 5.41) is 17.5. The van der Waals surface area contributed by atoms with Crippen molar-refractivity contribution in [1.29, 1.82) is 0 Å². The van der Waals surface area contributed by atoms with Gasteiger partial charge < -0.3 is 10.1 Å². The SMILES string of the molecule is Cc1cc2c(cc1C(=O)O)[nH]c(=O)c1nnc(C(C)C3CC3)n12. The van der Waals surface area contributed by atoms with Crippen LogP contribution in [0.25, 0.3) is 16.7 Å². The number of carboxylic acids is 1. The average Bonchev–Trinajstić information content (AvgIpc) is 3.25. The standard InChI is InChI=1S/C16H16N4O3/c1-7-5-12-11(6-10(7)16(22)23)17-15(21)14-19-18-13(20(12)14)8(2)9-3-4-9/h5-6,8-9H,3-4H2,1-2H3,(H,17,21)(H,22,23). The number of nitrogens with one attached hydrogen (secondary N) is 1. The van der Waals surface area contributed by atoms with E-state index in [0.29, 0.717) is 17.0 Å². The van der Waals surface area contributed by atoms with Crippen LogP contribution in [0.1, 0.15) is 47.4 Å². The fourth-order valence-electron chi connectivity index (χ4n) is 3.17. The van der Waals surface area contributed by atoms with E-state index in [0.717, 1.165) is 11.3 Å². The van der Waals surface area contributed by atoms with Crippen LogP contribution < -0.4 is 5.56 Å². The van der Waals surface area contributed by atoms with Crippen LogP contribution in [0.3, 0.4) is 0 Å². The summed E-state index contributed by atoms with van der Waals surface area (Å²) in [7, 11) is 0. The number of aromatic carboxylic acids is 1. The van der Waals surface area contributed by atoms with Gasteiger partial charge in [0, 0.05) is 5.92 Å². The lowest BCUT2D eigenvalue weighted by molar-refractivity contribution is 0.0696. The average molecular weight is 312 g/mol. The van der Waals surface area contributed by atoms with Crippen molar-refractivity contribution in [3.63, 3.8) is 0 Å². The first-order valence-corrected chi connectivity index (χ1v) is 7.62. The minimum atomic E-state index is -1.01. The second-order valence-corrected chi connectivity index (χ2v) is 6.29. The molecule has 1 atom stereocenters. The summed E-state index contributed by atoms with van der Waals surface area (Å²) in [5.74, 6) is 0.548. The summed E-state index contributed by atoms with van der Waals surface area (Å²) in [6.45, 7) is 3.84. The van der Waals surface area contributed by atoms with Gasteiger partial charge >= 0.3 is 5.97 Å². The Morgan fingerprint density at radius 3 is 2.78 bits per heavy atom. The van der Waals surface area contributed by atoms with Gasteiger partial charge in [0.15, 0.2) is 0 Å². The summed E-state index contributed by atoms with van der Waals surface area (Å²) < 4.78 is 1.77. The first-order valence-electron chi connectivity index (χ1n) is 7.62. The number of fused-ring (bicyclic) bond motifs is 3. The van der Waals surface area contributed by atoms with E-state index >= 15 is 0 Å². The molecule has 1 aliphatic rings. The molecule has 0 saturated heterocycles. The molecule has 0 radical (unpaired) electrons. The summed E-state index contributed by atoms with van der Waals surface area (Å²) in [5.41, 5.74) is 1.92.